The number of benzene rings is 1. The fraction of sp³-hybridized carbons (Fsp3) is 0.467. The monoisotopic (exact) mass is 325 g/mol. The van der Waals surface area contributed by atoms with Crippen molar-refractivity contribution < 1.29 is 4.79 Å². The lowest BCUT2D eigenvalue weighted by Gasteiger charge is -2.29. The van der Waals surface area contributed by atoms with Crippen LogP contribution in [0.5, 0.6) is 0 Å². The summed E-state index contributed by atoms with van der Waals surface area (Å²) in [6.45, 7) is 4.03. The predicted octanol–water partition coefficient (Wildman–Crippen LogP) is 2.33. The molecule has 0 saturated heterocycles. The number of nitrogens with one attached hydrogen (secondary N) is 1. The van der Waals surface area contributed by atoms with Crippen molar-refractivity contribution in [3.05, 3.63) is 29.8 Å². The van der Waals surface area contributed by atoms with Gasteiger partial charge in [0, 0.05) is 23.0 Å². The first kappa shape index (κ1) is 17.9. The number of likely N-dealkylation sites (N-methyl/N-ethyl adjacent to an activating group) is 1. The van der Waals surface area contributed by atoms with Crippen LogP contribution in [-0.2, 0) is 4.79 Å². The first-order valence-corrected chi connectivity index (χ1v) is 8.58. The molecule has 0 heterocycles. The Bertz CT molecular complexity index is 507. The van der Waals surface area contributed by atoms with E-state index in [1.165, 1.54) is 0 Å². The van der Waals surface area contributed by atoms with E-state index in [2.05, 4.69) is 23.4 Å². The second-order valence-electron chi connectivity index (χ2n) is 5.08. The molecule has 0 aliphatic carbocycles. The van der Waals surface area contributed by atoms with Crippen LogP contribution in [0.25, 0.3) is 0 Å². The van der Waals surface area contributed by atoms with Crippen LogP contribution < -0.4 is 11.1 Å². The summed E-state index contributed by atoms with van der Waals surface area (Å²) in [5, 5.41) is 2.91. The van der Waals surface area contributed by atoms with Crippen molar-refractivity contribution in [3.63, 3.8) is 0 Å². The van der Waals surface area contributed by atoms with Gasteiger partial charge in [0.1, 0.15) is 4.99 Å². The Labute approximate surface area is 136 Å². The summed E-state index contributed by atoms with van der Waals surface area (Å²) in [5.41, 5.74) is 7.06. The molecule has 2 atom stereocenters. The molecule has 6 heteroatoms. The zero-order valence-electron chi connectivity index (χ0n) is 12.9. The molecular weight excluding hydrogens is 302 g/mol. The zero-order valence-corrected chi connectivity index (χ0v) is 14.6. The van der Waals surface area contributed by atoms with E-state index in [4.69, 9.17) is 18.0 Å². The Morgan fingerprint density at radius 1 is 1.48 bits per heavy atom. The van der Waals surface area contributed by atoms with Gasteiger partial charge < -0.3 is 11.1 Å². The summed E-state index contributed by atoms with van der Waals surface area (Å²) in [4.78, 5) is 14.7. The van der Waals surface area contributed by atoms with Gasteiger partial charge in [0.25, 0.3) is 0 Å². The number of nitrogens with zero attached hydrogens (tertiary/aromatic N) is 1. The molecule has 116 valence electrons. The summed E-state index contributed by atoms with van der Waals surface area (Å²) in [7, 11) is 1.97. The van der Waals surface area contributed by atoms with E-state index in [9.17, 15) is 4.79 Å². The molecule has 0 fully saturated rings. The maximum Gasteiger partial charge on any atom is 0.241 e. The van der Waals surface area contributed by atoms with Crippen molar-refractivity contribution in [1.29, 1.82) is 0 Å². The van der Waals surface area contributed by atoms with Crippen LogP contribution in [0.1, 0.15) is 19.4 Å². The third-order valence-electron chi connectivity index (χ3n) is 3.51. The van der Waals surface area contributed by atoms with Crippen LogP contribution in [0.15, 0.2) is 24.3 Å². The smallest absolute Gasteiger partial charge is 0.241 e. The number of thioether (sulfide) groups is 1. The van der Waals surface area contributed by atoms with Crippen molar-refractivity contribution in [2.45, 2.75) is 25.9 Å². The lowest BCUT2D eigenvalue weighted by atomic mass is 10.2. The molecule has 2 unspecified atom stereocenters. The largest absolute Gasteiger partial charge is 0.389 e. The Morgan fingerprint density at radius 3 is 2.71 bits per heavy atom. The van der Waals surface area contributed by atoms with Gasteiger partial charge in [0.15, 0.2) is 0 Å². The van der Waals surface area contributed by atoms with E-state index in [0.29, 0.717) is 16.7 Å². The SMILES string of the molecule is CSCC(C)N(C)C(C)C(=O)Nc1cccc(C(N)=S)c1. The third kappa shape index (κ3) is 5.30. The van der Waals surface area contributed by atoms with Crippen LogP contribution in [-0.4, -0.2) is 46.9 Å². The highest BCUT2D eigenvalue weighted by Crippen LogP contribution is 2.13. The number of carbonyl (C=O) groups is 1. The lowest BCUT2D eigenvalue weighted by molar-refractivity contribution is -0.120. The maximum absolute atomic E-state index is 12.3. The first-order valence-electron chi connectivity index (χ1n) is 6.78. The van der Waals surface area contributed by atoms with Crippen molar-refractivity contribution in [2.24, 2.45) is 5.73 Å². The number of rotatable bonds is 7. The van der Waals surface area contributed by atoms with Crippen molar-refractivity contribution >= 4 is 40.6 Å². The van der Waals surface area contributed by atoms with Gasteiger partial charge in [-0.25, -0.2) is 0 Å². The van der Waals surface area contributed by atoms with Gasteiger partial charge in [-0.15, -0.1) is 0 Å². The molecule has 0 bridgehead atoms. The lowest BCUT2D eigenvalue weighted by Crippen LogP contribution is -2.45. The summed E-state index contributed by atoms with van der Waals surface area (Å²) >= 11 is 6.72. The summed E-state index contributed by atoms with van der Waals surface area (Å²) < 4.78 is 0. The average Bonchev–Trinajstić information content (AvgIpc) is 2.46. The Balaban J connectivity index is 2.72. The van der Waals surface area contributed by atoms with Gasteiger partial charge in [0.2, 0.25) is 5.91 Å². The Hall–Kier alpha value is -1.11. The normalized spacial score (nSPS) is 13.8. The second-order valence-corrected chi connectivity index (χ2v) is 6.43. The molecule has 4 nitrogen and oxygen atoms in total. The molecule has 0 saturated carbocycles. The van der Waals surface area contributed by atoms with Crippen molar-refractivity contribution in [2.75, 3.05) is 24.4 Å². The molecule has 1 rings (SSSR count). The van der Waals surface area contributed by atoms with Crippen LogP contribution in [0.4, 0.5) is 5.69 Å². The van der Waals surface area contributed by atoms with Crippen LogP contribution in [0.2, 0.25) is 0 Å². The highest BCUT2D eigenvalue weighted by atomic mass is 32.2. The number of amides is 1. The third-order valence-corrected chi connectivity index (χ3v) is 4.56. The molecular formula is C15H23N3OS2. The quantitative estimate of drug-likeness (QED) is 0.754. The van der Waals surface area contributed by atoms with Gasteiger partial charge in [-0.2, -0.15) is 11.8 Å². The molecule has 3 N–H and O–H groups in total. The highest BCUT2D eigenvalue weighted by molar-refractivity contribution is 7.98. The molecule has 1 aromatic rings. The molecule has 0 aliphatic rings. The number of anilines is 1. The molecule has 0 aliphatic heterocycles. The fourth-order valence-electron chi connectivity index (χ4n) is 1.92. The van der Waals surface area contributed by atoms with E-state index in [1.807, 2.05) is 32.2 Å². The average molecular weight is 326 g/mol. The van der Waals surface area contributed by atoms with Gasteiger partial charge in [-0.1, -0.05) is 24.4 Å². The molecule has 0 radical (unpaired) electrons. The molecule has 21 heavy (non-hydrogen) atoms. The molecule has 1 aromatic carbocycles. The fourth-order valence-corrected chi connectivity index (χ4v) is 2.77. The number of hydrogen-bond donors (Lipinski definition) is 2. The Morgan fingerprint density at radius 2 is 2.14 bits per heavy atom. The highest BCUT2D eigenvalue weighted by Gasteiger charge is 2.22. The number of hydrogen-bond acceptors (Lipinski definition) is 4. The van der Waals surface area contributed by atoms with Crippen LogP contribution in [0.3, 0.4) is 0 Å². The minimum atomic E-state index is -0.208. The summed E-state index contributed by atoms with van der Waals surface area (Å²) in [5.74, 6) is 0.955. The summed E-state index contributed by atoms with van der Waals surface area (Å²) in [6, 6.07) is 7.41. The first-order chi connectivity index (χ1) is 9.86. The Kier molecular flexibility index (Phi) is 7.14. The van der Waals surface area contributed by atoms with E-state index >= 15 is 0 Å². The minimum absolute atomic E-state index is 0.0365. The summed E-state index contributed by atoms with van der Waals surface area (Å²) in [6.07, 6.45) is 2.07. The van der Waals surface area contributed by atoms with Gasteiger partial charge >= 0.3 is 0 Å². The van der Waals surface area contributed by atoms with E-state index in [1.54, 1.807) is 17.8 Å². The van der Waals surface area contributed by atoms with Crippen LogP contribution in [0, 0.1) is 0 Å². The number of nitrogens with two attached hydrogens (primary N) is 1. The molecule has 0 spiro atoms. The van der Waals surface area contributed by atoms with E-state index < -0.39 is 0 Å². The minimum Gasteiger partial charge on any atom is -0.389 e. The standard InChI is InChI=1S/C15H23N3OS2/c1-10(9-21-4)18(3)11(2)15(19)17-13-7-5-6-12(8-13)14(16)20/h5-8,10-11H,9H2,1-4H3,(H2,16,20)(H,17,19). The predicted molar refractivity (Wildman–Crippen MR) is 96.0 cm³/mol. The number of carbonyl (C=O) groups excluding carboxylic acids is 1. The van der Waals surface area contributed by atoms with Crippen LogP contribution >= 0.6 is 24.0 Å². The second kappa shape index (κ2) is 8.36. The van der Waals surface area contributed by atoms with Gasteiger partial charge in [-0.3, -0.25) is 9.69 Å². The maximum atomic E-state index is 12.3. The zero-order chi connectivity index (χ0) is 16.0. The van der Waals surface area contributed by atoms with Crippen molar-refractivity contribution in [1.82, 2.24) is 4.90 Å². The topological polar surface area (TPSA) is 58.4 Å². The van der Waals surface area contributed by atoms with E-state index in [0.717, 1.165) is 11.3 Å². The molecule has 0 aromatic heterocycles. The van der Waals surface area contributed by atoms with Gasteiger partial charge in [-0.05, 0) is 39.3 Å². The molecule has 1 amide bonds. The van der Waals surface area contributed by atoms with Crippen molar-refractivity contribution in [3.8, 4) is 0 Å². The van der Waals surface area contributed by atoms with Gasteiger partial charge in [0.05, 0.1) is 6.04 Å². The number of thiocarbonyl (C=S) groups is 1. The van der Waals surface area contributed by atoms with E-state index in [-0.39, 0.29) is 11.9 Å².